The van der Waals surface area contributed by atoms with Crippen LogP contribution in [0.25, 0.3) is 33.5 Å². The minimum Gasteiger partial charge on any atom is -0.489 e. The Morgan fingerprint density at radius 3 is 2.55 bits per heavy atom. The van der Waals surface area contributed by atoms with Gasteiger partial charge in [-0.25, -0.2) is 4.98 Å². The van der Waals surface area contributed by atoms with Gasteiger partial charge in [-0.15, -0.1) is 0 Å². The maximum atomic E-state index is 9.72. The van der Waals surface area contributed by atoms with Crippen molar-refractivity contribution in [3.63, 3.8) is 0 Å². The lowest BCUT2D eigenvalue weighted by Crippen LogP contribution is -1.96. The molecule has 0 aliphatic heterocycles. The van der Waals surface area contributed by atoms with Crippen molar-refractivity contribution in [1.82, 2.24) is 9.97 Å². The van der Waals surface area contributed by atoms with Crippen LogP contribution in [0.2, 0.25) is 0 Å². The molecule has 0 bridgehead atoms. The van der Waals surface area contributed by atoms with E-state index in [2.05, 4.69) is 66.3 Å². The monoisotopic (exact) mass is 429 g/mol. The van der Waals surface area contributed by atoms with E-state index >= 15 is 0 Å². The number of hydrogen-bond acceptors (Lipinski definition) is 3. The molecule has 33 heavy (non-hydrogen) atoms. The van der Waals surface area contributed by atoms with Crippen LogP contribution in [0.4, 0.5) is 0 Å². The topological polar surface area (TPSA) is 61.7 Å². The summed E-state index contributed by atoms with van der Waals surface area (Å²) in [7, 11) is 0. The summed E-state index contributed by atoms with van der Waals surface area (Å²) >= 11 is 0. The molecule has 0 saturated heterocycles. The Bertz CT molecular complexity index is 1490. The van der Waals surface area contributed by atoms with Gasteiger partial charge in [0.2, 0.25) is 0 Å². The van der Waals surface area contributed by atoms with Gasteiger partial charge in [0, 0.05) is 0 Å². The van der Waals surface area contributed by atoms with Crippen LogP contribution in [0.5, 0.6) is 5.75 Å². The number of ether oxygens (including phenoxy) is 1. The molecule has 0 aliphatic carbocycles. The summed E-state index contributed by atoms with van der Waals surface area (Å²) in [4.78, 5) is 7.89. The standard InChI is InChI=1S/C29H23N3O/c1-19-14-27-28(15-20(19)2)32-29(31-27)24(17-30)16-21-10-12-25(13-11-21)33-18-23-8-5-7-22-6-3-4-9-26(22)23/h3-16H,18H2,1-2H3,(H,31,32)/b24-16+. The van der Waals surface area contributed by atoms with Crippen molar-refractivity contribution in [2.45, 2.75) is 20.5 Å². The van der Waals surface area contributed by atoms with E-state index in [1.807, 2.05) is 48.5 Å². The summed E-state index contributed by atoms with van der Waals surface area (Å²) in [5.74, 6) is 1.36. The first kappa shape index (κ1) is 20.5. The van der Waals surface area contributed by atoms with E-state index in [9.17, 15) is 5.26 Å². The van der Waals surface area contributed by atoms with E-state index in [4.69, 9.17) is 4.74 Å². The van der Waals surface area contributed by atoms with E-state index in [0.29, 0.717) is 18.0 Å². The summed E-state index contributed by atoms with van der Waals surface area (Å²) in [6, 6.07) is 28.7. The summed E-state index contributed by atoms with van der Waals surface area (Å²) in [5, 5.41) is 12.1. The number of rotatable bonds is 5. The van der Waals surface area contributed by atoms with Crippen molar-refractivity contribution in [2.75, 3.05) is 0 Å². The van der Waals surface area contributed by atoms with Gasteiger partial charge in [0.1, 0.15) is 24.3 Å². The quantitative estimate of drug-likeness (QED) is 0.307. The summed E-state index contributed by atoms with van der Waals surface area (Å²) < 4.78 is 6.03. The third-order valence-electron chi connectivity index (χ3n) is 5.94. The highest BCUT2D eigenvalue weighted by atomic mass is 16.5. The Morgan fingerprint density at radius 2 is 1.73 bits per heavy atom. The second-order valence-electron chi connectivity index (χ2n) is 8.20. The van der Waals surface area contributed by atoms with Gasteiger partial charge in [-0.3, -0.25) is 0 Å². The zero-order valence-electron chi connectivity index (χ0n) is 18.6. The highest BCUT2D eigenvalue weighted by molar-refractivity contribution is 5.90. The first-order valence-electron chi connectivity index (χ1n) is 10.9. The van der Waals surface area contributed by atoms with Crippen molar-refractivity contribution in [3.05, 3.63) is 107 Å². The van der Waals surface area contributed by atoms with Crippen molar-refractivity contribution in [2.24, 2.45) is 0 Å². The lowest BCUT2D eigenvalue weighted by atomic mass is 10.1. The highest BCUT2D eigenvalue weighted by Crippen LogP contribution is 2.24. The largest absolute Gasteiger partial charge is 0.489 e. The number of allylic oxidation sites excluding steroid dienone is 1. The minimum atomic E-state index is 0.492. The van der Waals surface area contributed by atoms with Crippen LogP contribution >= 0.6 is 0 Å². The first-order valence-corrected chi connectivity index (χ1v) is 10.9. The number of nitriles is 1. The number of aromatic amines is 1. The van der Waals surface area contributed by atoms with Crippen LogP contribution in [-0.4, -0.2) is 9.97 Å². The van der Waals surface area contributed by atoms with Crippen LogP contribution in [-0.2, 0) is 6.61 Å². The molecule has 4 nitrogen and oxygen atoms in total. The SMILES string of the molecule is Cc1cc2nc(/C(C#N)=C/c3ccc(OCc4cccc5ccccc45)cc3)[nH]c2cc1C. The average Bonchev–Trinajstić information content (AvgIpc) is 3.24. The van der Waals surface area contributed by atoms with E-state index in [-0.39, 0.29) is 0 Å². The van der Waals surface area contributed by atoms with Gasteiger partial charge in [0.15, 0.2) is 0 Å². The number of hydrogen-bond donors (Lipinski definition) is 1. The average molecular weight is 430 g/mol. The van der Waals surface area contributed by atoms with E-state index in [0.717, 1.165) is 27.9 Å². The lowest BCUT2D eigenvalue weighted by molar-refractivity contribution is 0.307. The molecule has 1 N–H and O–H groups in total. The van der Waals surface area contributed by atoms with Crippen molar-refractivity contribution >= 4 is 33.5 Å². The molecule has 4 heteroatoms. The Hall–Kier alpha value is -4.36. The van der Waals surface area contributed by atoms with Gasteiger partial charge in [-0.1, -0.05) is 54.6 Å². The van der Waals surface area contributed by atoms with Crippen molar-refractivity contribution in [1.29, 1.82) is 5.26 Å². The van der Waals surface area contributed by atoms with Crippen LogP contribution < -0.4 is 4.74 Å². The predicted molar refractivity (Wildman–Crippen MR) is 134 cm³/mol. The maximum absolute atomic E-state index is 9.72. The lowest BCUT2D eigenvalue weighted by Gasteiger charge is -2.09. The third kappa shape index (κ3) is 4.22. The molecule has 0 atom stereocenters. The van der Waals surface area contributed by atoms with Gasteiger partial charge in [0.05, 0.1) is 16.6 Å². The second kappa shape index (κ2) is 8.64. The fourth-order valence-electron chi connectivity index (χ4n) is 3.96. The fraction of sp³-hybridized carbons (Fsp3) is 0.103. The zero-order valence-corrected chi connectivity index (χ0v) is 18.6. The Labute approximate surface area is 192 Å². The third-order valence-corrected chi connectivity index (χ3v) is 5.94. The fourth-order valence-corrected chi connectivity index (χ4v) is 3.96. The molecule has 1 aromatic heterocycles. The van der Waals surface area contributed by atoms with E-state index in [1.165, 1.54) is 21.9 Å². The predicted octanol–water partition coefficient (Wildman–Crippen LogP) is 6.98. The van der Waals surface area contributed by atoms with E-state index < -0.39 is 0 Å². The number of aryl methyl sites for hydroxylation is 2. The normalized spacial score (nSPS) is 11.6. The number of fused-ring (bicyclic) bond motifs is 2. The summed E-state index contributed by atoms with van der Waals surface area (Å²) in [5.41, 5.74) is 6.74. The van der Waals surface area contributed by atoms with Gasteiger partial charge >= 0.3 is 0 Å². The van der Waals surface area contributed by atoms with Crippen LogP contribution in [0.3, 0.4) is 0 Å². The smallest absolute Gasteiger partial charge is 0.149 e. The number of nitrogens with zero attached hydrogens (tertiary/aromatic N) is 2. The first-order chi connectivity index (χ1) is 16.1. The van der Waals surface area contributed by atoms with Gasteiger partial charge in [-0.05, 0) is 77.2 Å². The maximum Gasteiger partial charge on any atom is 0.149 e. The molecule has 0 fully saturated rings. The zero-order chi connectivity index (χ0) is 22.8. The van der Waals surface area contributed by atoms with Crippen molar-refractivity contribution in [3.8, 4) is 11.8 Å². The highest BCUT2D eigenvalue weighted by Gasteiger charge is 2.09. The summed E-state index contributed by atoms with van der Waals surface area (Å²) in [6.07, 6.45) is 1.84. The van der Waals surface area contributed by atoms with Crippen molar-refractivity contribution < 1.29 is 4.74 Å². The van der Waals surface area contributed by atoms with Crippen LogP contribution in [0, 0.1) is 25.2 Å². The number of aromatic nitrogens is 2. The number of benzene rings is 4. The molecule has 4 aromatic carbocycles. The molecule has 5 aromatic rings. The number of nitrogens with one attached hydrogen (secondary N) is 1. The number of imidazole rings is 1. The summed E-state index contributed by atoms with van der Waals surface area (Å²) in [6.45, 7) is 4.63. The van der Waals surface area contributed by atoms with Crippen LogP contribution in [0.15, 0.2) is 78.9 Å². The molecule has 0 aliphatic rings. The van der Waals surface area contributed by atoms with Gasteiger partial charge < -0.3 is 9.72 Å². The Morgan fingerprint density at radius 1 is 0.970 bits per heavy atom. The van der Waals surface area contributed by atoms with E-state index in [1.54, 1.807) is 0 Å². The molecule has 0 radical (unpaired) electrons. The molecule has 5 rings (SSSR count). The van der Waals surface area contributed by atoms with Gasteiger partial charge in [-0.2, -0.15) is 5.26 Å². The molecular formula is C29H23N3O. The second-order valence-corrected chi connectivity index (χ2v) is 8.20. The molecule has 160 valence electrons. The molecular weight excluding hydrogens is 406 g/mol. The van der Waals surface area contributed by atoms with Gasteiger partial charge in [0.25, 0.3) is 0 Å². The Balaban J connectivity index is 1.34. The van der Waals surface area contributed by atoms with Crippen LogP contribution in [0.1, 0.15) is 28.1 Å². The minimum absolute atomic E-state index is 0.492. The Kier molecular flexibility index (Phi) is 5.38. The molecule has 0 saturated carbocycles. The molecule has 1 heterocycles. The molecule has 0 unspecified atom stereocenters. The molecule has 0 amide bonds. The molecule has 0 spiro atoms. The number of H-pyrrole nitrogens is 1.